The Morgan fingerprint density at radius 1 is 1.31 bits per heavy atom. The third-order valence-electron chi connectivity index (χ3n) is 5.39. The number of nitrogens with zero attached hydrogens (tertiary/aromatic N) is 4. The summed E-state index contributed by atoms with van der Waals surface area (Å²) < 4.78 is 1.57. The normalized spacial score (nSPS) is 16.1. The Balaban J connectivity index is 1.39. The Bertz CT molecular complexity index is 758. The first kappa shape index (κ1) is 21.4. The van der Waals surface area contributed by atoms with E-state index in [1.165, 1.54) is 5.56 Å². The molecule has 8 heteroatoms. The summed E-state index contributed by atoms with van der Waals surface area (Å²) in [5.41, 5.74) is 0.805. The van der Waals surface area contributed by atoms with E-state index in [4.69, 9.17) is 0 Å². The standard InChI is InChI=1S/C21H32N6O2/c1-2-26(15-18-7-4-3-5-8-18)14-6-11-23-20(28)19-16-27(25-24-19)17-21(29)9-12-22-13-10-21/h3-5,7-8,16,22,29H,2,6,9-15,17H2,1H3,(H,23,28). The van der Waals surface area contributed by atoms with Crippen LogP contribution in [-0.4, -0.2) is 69.2 Å². The minimum Gasteiger partial charge on any atom is -0.388 e. The number of hydrogen-bond acceptors (Lipinski definition) is 6. The van der Waals surface area contributed by atoms with Gasteiger partial charge in [0.15, 0.2) is 5.69 Å². The van der Waals surface area contributed by atoms with E-state index in [-0.39, 0.29) is 5.91 Å². The molecule has 1 aliphatic rings. The highest BCUT2D eigenvalue weighted by Crippen LogP contribution is 2.19. The molecule has 1 saturated heterocycles. The van der Waals surface area contributed by atoms with Crippen LogP contribution in [0.5, 0.6) is 0 Å². The molecule has 0 spiro atoms. The lowest BCUT2D eigenvalue weighted by molar-refractivity contribution is -0.00866. The number of nitrogens with one attached hydrogen (secondary N) is 2. The van der Waals surface area contributed by atoms with E-state index >= 15 is 0 Å². The molecule has 1 fully saturated rings. The largest absolute Gasteiger partial charge is 0.388 e. The molecule has 0 aliphatic carbocycles. The summed E-state index contributed by atoms with van der Waals surface area (Å²) in [6.45, 7) is 7.48. The van der Waals surface area contributed by atoms with Crippen molar-refractivity contribution in [3.63, 3.8) is 0 Å². The number of benzene rings is 1. The zero-order valence-corrected chi connectivity index (χ0v) is 17.2. The third-order valence-corrected chi connectivity index (χ3v) is 5.39. The van der Waals surface area contributed by atoms with E-state index in [2.05, 4.69) is 57.0 Å². The molecule has 158 valence electrons. The van der Waals surface area contributed by atoms with Gasteiger partial charge in [0.05, 0.1) is 18.3 Å². The molecule has 0 atom stereocenters. The van der Waals surface area contributed by atoms with E-state index in [9.17, 15) is 9.90 Å². The van der Waals surface area contributed by atoms with Crippen LogP contribution in [0.4, 0.5) is 0 Å². The third kappa shape index (κ3) is 6.62. The lowest BCUT2D eigenvalue weighted by Crippen LogP contribution is -2.44. The van der Waals surface area contributed by atoms with E-state index in [1.54, 1.807) is 10.9 Å². The Hall–Kier alpha value is -2.29. The molecular weight excluding hydrogens is 368 g/mol. The molecule has 8 nitrogen and oxygen atoms in total. The Morgan fingerprint density at radius 3 is 2.79 bits per heavy atom. The summed E-state index contributed by atoms with van der Waals surface area (Å²) in [6.07, 6.45) is 3.83. The summed E-state index contributed by atoms with van der Waals surface area (Å²) in [5.74, 6) is -0.223. The van der Waals surface area contributed by atoms with Gasteiger partial charge in [-0.15, -0.1) is 5.10 Å². The van der Waals surface area contributed by atoms with Gasteiger partial charge in [0.1, 0.15) is 0 Å². The molecule has 2 heterocycles. The minimum absolute atomic E-state index is 0.223. The zero-order chi connectivity index (χ0) is 20.5. The van der Waals surface area contributed by atoms with Gasteiger partial charge in [0, 0.05) is 19.6 Å². The Kier molecular flexibility index (Phi) is 7.74. The second-order valence-corrected chi connectivity index (χ2v) is 7.74. The van der Waals surface area contributed by atoms with E-state index in [0.29, 0.717) is 31.6 Å². The molecule has 3 N–H and O–H groups in total. The van der Waals surface area contributed by atoms with Crippen LogP contribution in [0.3, 0.4) is 0 Å². The van der Waals surface area contributed by atoms with Crippen LogP contribution in [-0.2, 0) is 13.1 Å². The zero-order valence-electron chi connectivity index (χ0n) is 17.2. The molecule has 2 aromatic rings. The molecule has 3 rings (SSSR count). The van der Waals surface area contributed by atoms with E-state index < -0.39 is 5.60 Å². The highest BCUT2D eigenvalue weighted by atomic mass is 16.3. The van der Waals surface area contributed by atoms with Crippen molar-refractivity contribution in [2.45, 2.75) is 44.9 Å². The van der Waals surface area contributed by atoms with Crippen LogP contribution in [0.25, 0.3) is 0 Å². The van der Waals surface area contributed by atoms with Crippen molar-refractivity contribution in [1.82, 2.24) is 30.5 Å². The summed E-state index contributed by atoms with van der Waals surface area (Å²) in [4.78, 5) is 14.7. The minimum atomic E-state index is -0.783. The molecule has 0 bridgehead atoms. The second kappa shape index (κ2) is 10.5. The van der Waals surface area contributed by atoms with Crippen LogP contribution in [0.1, 0.15) is 42.2 Å². The van der Waals surface area contributed by atoms with Crippen molar-refractivity contribution in [2.75, 3.05) is 32.7 Å². The molecule has 0 radical (unpaired) electrons. The van der Waals surface area contributed by atoms with Crippen molar-refractivity contribution in [2.24, 2.45) is 0 Å². The first-order chi connectivity index (χ1) is 14.1. The molecular formula is C21H32N6O2. The fourth-order valence-electron chi connectivity index (χ4n) is 3.62. The first-order valence-electron chi connectivity index (χ1n) is 10.5. The molecule has 1 aromatic heterocycles. The van der Waals surface area contributed by atoms with Crippen molar-refractivity contribution in [3.05, 3.63) is 47.8 Å². The first-order valence-corrected chi connectivity index (χ1v) is 10.5. The van der Waals surface area contributed by atoms with Crippen LogP contribution in [0.15, 0.2) is 36.5 Å². The van der Waals surface area contributed by atoms with Gasteiger partial charge in [0.25, 0.3) is 5.91 Å². The second-order valence-electron chi connectivity index (χ2n) is 7.74. The summed E-state index contributed by atoms with van der Waals surface area (Å²) >= 11 is 0. The fraction of sp³-hybridized carbons (Fsp3) is 0.571. The number of carbonyl (C=O) groups is 1. The average Bonchev–Trinajstić information content (AvgIpc) is 3.19. The highest BCUT2D eigenvalue weighted by molar-refractivity contribution is 5.91. The predicted molar refractivity (Wildman–Crippen MR) is 111 cm³/mol. The van der Waals surface area contributed by atoms with Crippen LogP contribution in [0.2, 0.25) is 0 Å². The number of aromatic nitrogens is 3. The number of hydrogen-bond donors (Lipinski definition) is 3. The van der Waals surface area contributed by atoms with Crippen LogP contribution in [0, 0.1) is 0 Å². The van der Waals surface area contributed by atoms with E-state index in [0.717, 1.165) is 39.1 Å². The summed E-state index contributed by atoms with van der Waals surface area (Å²) in [7, 11) is 0. The van der Waals surface area contributed by atoms with Gasteiger partial charge in [-0.2, -0.15) is 0 Å². The smallest absolute Gasteiger partial charge is 0.273 e. The van der Waals surface area contributed by atoms with Gasteiger partial charge in [0.2, 0.25) is 0 Å². The van der Waals surface area contributed by atoms with E-state index in [1.807, 2.05) is 6.07 Å². The SMILES string of the molecule is CCN(CCCNC(=O)c1cn(CC2(O)CCNCC2)nn1)Cc1ccccc1. The maximum Gasteiger partial charge on any atom is 0.273 e. The van der Waals surface area contributed by atoms with Gasteiger partial charge in [-0.25, -0.2) is 4.68 Å². The number of carbonyl (C=O) groups excluding carboxylic acids is 1. The number of piperidine rings is 1. The molecule has 1 amide bonds. The molecule has 1 aromatic carbocycles. The van der Waals surface area contributed by atoms with Crippen molar-refractivity contribution in [3.8, 4) is 0 Å². The highest BCUT2D eigenvalue weighted by Gasteiger charge is 2.30. The lowest BCUT2D eigenvalue weighted by Gasteiger charge is -2.32. The van der Waals surface area contributed by atoms with Gasteiger partial charge in [-0.3, -0.25) is 9.69 Å². The van der Waals surface area contributed by atoms with Gasteiger partial charge < -0.3 is 15.7 Å². The van der Waals surface area contributed by atoms with Crippen molar-refractivity contribution in [1.29, 1.82) is 0 Å². The molecule has 0 saturated carbocycles. The van der Waals surface area contributed by atoms with Crippen molar-refractivity contribution < 1.29 is 9.90 Å². The topological polar surface area (TPSA) is 95.3 Å². The van der Waals surface area contributed by atoms with Gasteiger partial charge in [-0.05, 0) is 44.5 Å². The quantitative estimate of drug-likeness (QED) is 0.516. The summed E-state index contributed by atoms with van der Waals surface area (Å²) in [5, 5.41) is 24.7. The molecule has 1 aliphatic heterocycles. The monoisotopic (exact) mass is 400 g/mol. The Labute approximate surface area is 172 Å². The fourth-order valence-corrected chi connectivity index (χ4v) is 3.62. The number of aliphatic hydroxyl groups is 1. The predicted octanol–water partition coefficient (Wildman–Crippen LogP) is 1.03. The maximum absolute atomic E-state index is 12.3. The van der Waals surface area contributed by atoms with Crippen LogP contribution < -0.4 is 10.6 Å². The lowest BCUT2D eigenvalue weighted by atomic mass is 9.92. The summed E-state index contributed by atoms with van der Waals surface area (Å²) in [6, 6.07) is 10.4. The van der Waals surface area contributed by atoms with Gasteiger partial charge in [-0.1, -0.05) is 42.5 Å². The van der Waals surface area contributed by atoms with Gasteiger partial charge >= 0.3 is 0 Å². The number of rotatable bonds is 10. The average molecular weight is 401 g/mol. The van der Waals surface area contributed by atoms with Crippen LogP contribution >= 0.6 is 0 Å². The van der Waals surface area contributed by atoms with Crippen molar-refractivity contribution >= 4 is 5.91 Å². The number of amides is 1. The molecule has 0 unspecified atom stereocenters. The Morgan fingerprint density at radius 2 is 2.07 bits per heavy atom. The molecule has 29 heavy (non-hydrogen) atoms. The maximum atomic E-state index is 12.3.